The molecule has 1 N–H and O–H groups in total. The Morgan fingerprint density at radius 2 is 2.33 bits per heavy atom. The summed E-state index contributed by atoms with van der Waals surface area (Å²) in [6.07, 6.45) is 0.666. The zero-order valence-corrected chi connectivity index (χ0v) is 17.0. The highest BCUT2D eigenvalue weighted by Gasteiger charge is 2.30. The van der Waals surface area contributed by atoms with E-state index in [1.165, 1.54) is 11.3 Å². The summed E-state index contributed by atoms with van der Waals surface area (Å²) in [6, 6.07) is 7.84. The van der Waals surface area contributed by atoms with Crippen LogP contribution in [0.15, 0.2) is 28.7 Å². The molecule has 0 radical (unpaired) electrons. The topological polar surface area (TPSA) is 67.2 Å². The number of halogens is 1. The van der Waals surface area contributed by atoms with Crippen molar-refractivity contribution in [3.63, 3.8) is 0 Å². The lowest BCUT2D eigenvalue weighted by Crippen LogP contribution is -2.34. The van der Waals surface area contributed by atoms with E-state index in [4.69, 9.17) is 12.2 Å². The Hall–Kier alpha value is -0.810. The highest BCUT2D eigenvalue weighted by Crippen LogP contribution is 2.23. The minimum absolute atomic E-state index is 0.0279. The molecule has 2 heterocycles. The van der Waals surface area contributed by atoms with Gasteiger partial charge in [-0.15, -0.1) is 5.10 Å². The lowest BCUT2D eigenvalue weighted by atomic mass is 10.2. The van der Waals surface area contributed by atoms with Gasteiger partial charge in [0.25, 0.3) is 0 Å². The third-order valence-electron chi connectivity index (χ3n) is 3.87. The third-order valence-corrected chi connectivity index (χ3v) is 7.34. The molecule has 1 atom stereocenters. The van der Waals surface area contributed by atoms with Gasteiger partial charge in [-0.1, -0.05) is 33.3 Å². The van der Waals surface area contributed by atoms with Crippen LogP contribution in [-0.2, 0) is 16.5 Å². The van der Waals surface area contributed by atoms with Gasteiger partial charge in [-0.05, 0) is 43.9 Å². The molecule has 1 aliphatic rings. The van der Waals surface area contributed by atoms with Crippen LogP contribution in [-0.4, -0.2) is 47.7 Å². The Morgan fingerprint density at radius 1 is 1.54 bits per heavy atom. The molecular weight excluding hydrogens is 432 g/mol. The van der Waals surface area contributed by atoms with Crippen molar-refractivity contribution in [2.45, 2.75) is 19.1 Å². The van der Waals surface area contributed by atoms with Crippen molar-refractivity contribution in [3.8, 4) is 0 Å². The molecule has 1 aromatic heterocycles. The lowest BCUT2D eigenvalue weighted by molar-refractivity contribution is 0.198. The summed E-state index contributed by atoms with van der Waals surface area (Å²) in [4.78, 5) is 2.00. The number of nitrogens with one attached hydrogen (secondary N) is 1. The van der Waals surface area contributed by atoms with Crippen LogP contribution in [0.1, 0.15) is 6.42 Å². The van der Waals surface area contributed by atoms with Crippen LogP contribution in [0.2, 0.25) is 0 Å². The molecule has 0 bridgehead atoms. The summed E-state index contributed by atoms with van der Waals surface area (Å²) in [5.41, 5.74) is 0.926. The van der Waals surface area contributed by atoms with Crippen LogP contribution in [0.4, 0.5) is 10.8 Å². The van der Waals surface area contributed by atoms with Gasteiger partial charge < -0.3 is 5.32 Å². The molecule has 3 rings (SSSR count). The minimum Gasteiger partial charge on any atom is -0.330 e. The zero-order chi connectivity index (χ0) is 17.3. The first-order valence-electron chi connectivity index (χ1n) is 7.33. The maximum atomic E-state index is 11.6. The van der Waals surface area contributed by atoms with Gasteiger partial charge in [0.1, 0.15) is 0 Å². The van der Waals surface area contributed by atoms with E-state index in [2.05, 4.69) is 26.3 Å². The molecule has 10 heteroatoms. The summed E-state index contributed by atoms with van der Waals surface area (Å²) in [6.45, 7) is 0.482. The van der Waals surface area contributed by atoms with Crippen molar-refractivity contribution in [1.82, 2.24) is 14.7 Å². The Kier molecular flexibility index (Phi) is 5.40. The van der Waals surface area contributed by atoms with Crippen LogP contribution < -0.4 is 5.32 Å². The number of rotatable bonds is 5. The van der Waals surface area contributed by atoms with Gasteiger partial charge in [-0.2, -0.15) is 0 Å². The maximum Gasteiger partial charge on any atom is 0.209 e. The largest absolute Gasteiger partial charge is 0.330 e. The maximum absolute atomic E-state index is 11.6. The van der Waals surface area contributed by atoms with E-state index in [1.807, 2.05) is 36.2 Å². The summed E-state index contributed by atoms with van der Waals surface area (Å²) < 4.78 is 26.6. The van der Waals surface area contributed by atoms with E-state index in [-0.39, 0.29) is 17.5 Å². The SMILES string of the molecule is CN(Cn1nc(Nc2cccc(Br)c2)sc1=S)C1CCS(=O)(=O)C1. The first-order valence-corrected chi connectivity index (χ1v) is 11.2. The van der Waals surface area contributed by atoms with Gasteiger partial charge in [0.05, 0.1) is 18.2 Å². The van der Waals surface area contributed by atoms with Crippen molar-refractivity contribution in [1.29, 1.82) is 0 Å². The van der Waals surface area contributed by atoms with Gasteiger partial charge in [-0.3, -0.25) is 4.90 Å². The fourth-order valence-electron chi connectivity index (χ4n) is 2.59. The number of sulfone groups is 1. The van der Waals surface area contributed by atoms with Crippen molar-refractivity contribution in [2.24, 2.45) is 0 Å². The smallest absolute Gasteiger partial charge is 0.209 e. The Morgan fingerprint density at radius 3 is 3.00 bits per heavy atom. The molecule has 130 valence electrons. The van der Waals surface area contributed by atoms with E-state index in [9.17, 15) is 8.42 Å². The Labute approximate surface area is 158 Å². The third kappa shape index (κ3) is 4.42. The molecular formula is C14H17BrN4O2S3. The van der Waals surface area contributed by atoms with E-state index >= 15 is 0 Å². The monoisotopic (exact) mass is 448 g/mol. The molecule has 1 aromatic carbocycles. The average molecular weight is 449 g/mol. The van der Waals surface area contributed by atoms with Crippen LogP contribution in [0.5, 0.6) is 0 Å². The number of hydrogen-bond acceptors (Lipinski definition) is 7. The summed E-state index contributed by atoms with van der Waals surface area (Å²) in [5.74, 6) is 0.476. The second-order valence-electron chi connectivity index (χ2n) is 5.76. The molecule has 0 aliphatic carbocycles. The van der Waals surface area contributed by atoms with Gasteiger partial charge in [-0.25, -0.2) is 13.1 Å². The van der Waals surface area contributed by atoms with E-state index in [1.54, 1.807) is 4.68 Å². The fraction of sp³-hybridized carbons (Fsp3) is 0.429. The van der Waals surface area contributed by atoms with Crippen LogP contribution in [0.25, 0.3) is 0 Å². The molecule has 2 aromatic rings. The van der Waals surface area contributed by atoms with Crippen LogP contribution in [0.3, 0.4) is 0 Å². The van der Waals surface area contributed by atoms with Crippen molar-refractivity contribution < 1.29 is 8.42 Å². The molecule has 0 saturated carbocycles. The standard InChI is InChI=1S/C14H17BrN4O2S3/c1-18(12-5-6-24(20,21)8-12)9-19-14(22)23-13(17-19)16-11-4-2-3-10(15)7-11/h2-4,7,12H,5-6,8-9H2,1H3,(H,16,17). The predicted octanol–water partition coefficient (Wildman–Crippen LogP) is 3.26. The van der Waals surface area contributed by atoms with Gasteiger partial charge >= 0.3 is 0 Å². The number of benzene rings is 1. The van der Waals surface area contributed by atoms with E-state index in [0.717, 1.165) is 10.2 Å². The predicted molar refractivity (Wildman–Crippen MR) is 103 cm³/mol. The molecule has 1 saturated heterocycles. The summed E-state index contributed by atoms with van der Waals surface area (Å²) >= 11 is 10.2. The van der Waals surface area contributed by atoms with E-state index in [0.29, 0.717) is 22.2 Å². The number of nitrogens with zero attached hydrogens (tertiary/aromatic N) is 3. The molecule has 0 amide bonds. The van der Waals surface area contributed by atoms with Crippen molar-refractivity contribution in [2.75, 3.05) is 23.9 Å². The normalized spacial score (nSPS) is 19.7. The number of aromatic nitrogens is 2. The van der Waals surface area contributed by atoms with Gasteiger partial charge in [0.15, 0.2) is 13.8 Å². The Balaban J connectivity index is 1.69. The average Bonchev–Trinajstić information content (AvgIpc) is 3.02. The number of hydrogen-bond donors (Lipinski definition) is 1. The second-order valence-corrected chi connectivity index (χ2v) is 10.5. The molecule has 0 spiro atoms. The molecule has 1 fully saturated rings. The van der Waals surface area contributed by atoms with Crippen LogP contribution >= 0.6 is 39.5 Å². The Bertz CT molecular complexity index is 893. The quantitative estimate of drug-likeness (QED) is 0.707. The fourth-order valence-corrected chi connectivity index (χ4v) is 5.80. The van der Waals surface area contributed by atoms with E-state index < -0.39 is 9.84 Å². The van der Waals surface area contributed by atoms with Crippen molar-refractivity contribution >= 4 is 60.1 Å². The molecule has 1 aliphatic heterocycles. The molecule has 6 nitrogen and oxygen atoms in total. The minimum atomic E-state index is -2.89. The highest BCUT2D eigenvalue weighted by molar-refractivity contribution is 9.10. The molecule has 1 unspecified atom stereocenters. The zero-order valence-electron chi connectivity index (χ0n) is 13.0. The van der Waals surface area contributed by atoms with Gasteiger partial charge in [0.2, 0.25) is 5.13 Å². The van der Waals surface area contributed by atoms with Crippen LogP contribution in [0, 0.1) is 3.95 Å². The highest BCUT2D eigenvalue weighted by atomic mass is 79.9. The first-order chi connectivity index (χ1) is 11.3. The number of anilines is 2. The summed E-state index contributed by atoms with van der Waals surface area (Å²) in [5, 5.41) is 8.45. The lowest BCUT2D eigenvalue weighted by Gasteiger charge is -2.22. The first kappa shape index (κ1) is 18.0. The van der Waals surface area contributed by atoms with Crippen molar-refractivity contribution in [3.05, 3.63) is 32.7 Å². The van der Waals surface area contributed by atoms with Gasteiger partial charge in [0, 0.05) is 16.2 Å². The summed E-state index contributed by atoms with van der Waals surface area (Å²) in [7, 11) is -0.983. The second kappa shape index (κ2) is 7.20. The molecule has 24 heavy (non-hydrogen) atoms.